The van der Waals surface area contributed by atoms with Crippen molar-refractivity contribution in [1.82, 2.24) is 10.2 Å². The minimum Gasteiger partial charge on any atom is -0.444 e. The third-order valence-electron chi connectivity index (χ3n) is 6.40. The van der Waals surface area contributed by atoms with Gasteiger partial charge < -0.3 is 20.3 Å². The third-order valence-corrected chi connectivity index (χ3v) is 6.40. The van der Waals surface area contributed by atoms with Gasteiger partial charge in [-0.15, -0.1) is 0 Å². The van der Waals surface area contributed by atoms with Gasteiger partial charge in [0.2, 0.25) is 5.91 Å². The summed E-state index contributed by atoms with van der Waals surface area (Å²) < 4.78 is 5.29. The predicted molar refractivity (Wildman–Crippen MR) is 152 cm³/mol. The van der Waals surface area contributed by atoms with E-state index in [-0.39, 0.29) is 24.4 Å². The molecule has 0 saturated heterocycles. The number of alkyl carbamates (subject to hydrolysis) is 1. The van der Waals surface area contributed by atoms with E-state index in [0.29, 0.717) is 12.1 Å². The second kappa shape index (κ2) is 12.1. The van der Waals surface area contributed by atoms with Crippen LogP contribution in [0.1, 0.15) is 63.8 Å². The second-order valence-corrected chi connectivity index (χ2v) is 10.7. The number of benzene rings is 3. The number of ether oxygens (including phenoxy) is 1. The fraction of sp³-hybridized carbons (Fsp3) is 0.387. The van der Waals surface area contributed by atoms with Gasteiger partial charge in [-0.2, -0.15) is 0 Å². The number of rotatable bonds is 8. The first kappa shape index (κ1) is 28.7. The molecule has 0 bridgehead atoms. The van der Waals surface area contributed by atoms with E-state index in [4.69, 9.17) is 4.74 Å². The van der Waals surface area contributed by atoms with Gasteiger partial charge in [-0.1, -0.05) is 61.0 Å². The van der Waals surface area contributed by atoms with Crippen LogP contribution in [0.25, 0.3) is 10.8 Å². The lowest BCUT2D eigenvalue weighted by atomic mass is 9.95. The fourth-order valence-corrected chi connectivity index (χ4v) is 4.42. The summed E-state index contributed by atoms with van der Waals surface area (Å²) in [5.74, 6) is -0.693. The maximum absolute atomic E-state index is 14.0. The number of nitrogens with zero attached hydrogens (tertiary/aromatic N) is 1. The van der Waals surface area contributed by atoms with Crippen molar-refractivity contribution in [3.63, 3.8) is 0 Å². The van der Waals surface area contributed by atoms with Gasteiger partial charge in [0.05, 0.1) is 0 Å². The number of carbonyl (C=O) groups is 3. The van der Waals surface area contributed by atoms with E-state index >= 15 is 0 Å². The Morgan fingerprint density at radius 2 is 1.63 bits per heavy atom. The van der Waals surface area contributed by atoms with Crippen LogP contribution in [0, 0.1) is 13.8 Å². The normalized spacial score (nSPS) is 12.9. The molecule has 7 heteroatoms. The highest BCUT2D eigenvalue weighted by Crippen LogP contribution is 2.30. The van der Waals surface area contributed by atoms with Crippen molar-refractivity contribution >= 4 is 34.4 Å². The number of fused-ring (bicyclic) bond motifs is 1. The van der Waals surface area contributed by atoms with Crippen LogP contribution in [-0.2, 0) is 14.3 Å². The van der Waals surface area contributed by atoms with Crippen LogP contribution in [0.15, 0.2) is 60.7 Å². The smallest absolute Gasteiger partial charge is 0.408 e. The molecule has 0 saturated carbocycles. The highest BCUT2D eigenvalue weighted by atomic mass is 16.6. The summed E-state index contributed by atoms with van der Waals surface area (Å²) in [6.45, 7) is 12.8. The molecule has 202 valence electrons. The average Bonchev–Trinajstić information content (AvgIpc) is 2.84. The zero-order valence-corrected chi connectivity index (χ0v) is 23.4. The van der Waals surface area contributed by atoms with E-state index in [9.17, 15) is 14.4 Å². The Morgan fingerprint density at radius 3 is 2.26 bits per heavy atom. The first-order chi connectivity index (χ1) is 17.9. The van der Waals surface area contributed by atoms with Crippen molar-refractivity contribution in [3.8, 4) is 0 Å². The van der Waals surface area contributed by atoms with Gasteiger partial charge in [-0.3, -0.25) is 9.59 Å². The molecule has 3 aromatic rings. The van der Waals surface area contributed by atoms with Gasteiger partial charge >= 0.3 is 6.09 Å². The maximum Gasteiger partial charge on any atom is 0.408 e. The second-order valence-electron chi connectivity index (χ2n) is 10.7. The predicted octanol–water partition coefficient (Wildman–Crippen LogP) is 6.29. The molecule has 7 nitrogen and oxygen atoms in total. The highest BCUT2D eigenvalue weighted by Gasteiger charge is 2.35. The van der Waals surface area contributed by atoms with Crippen LogP contribution in [0.4, 0.5) is 10.5 Å². The van der Waals surface area contributed by atoms with Gasteiger partial charge in [-0.05, 0) is 82.0 Å². The average molecular weight is 518 g/mol. The van der Waals surface area contributed by atoms with E-state index < -0.39 is 17.7 Å². The van der Waals surface area contributed by atoms with Crippen LogP contribution in [0.2, 0.25) is 0 Å². The number of carbonyl (C=O) groups excluding carboxylic acids is 3. The third kappa shape index (κ3) is 7.34. The van der Waals surface area contributed by atoms with Gasteiger partial charge in [0, 0.05) is 11.7 Å². The number of nitrogens with one attached hydrogen (secondary N) is 2. The lowest BCUT2D eigenvalue weighted by molar-refractivity contribution is -0.140. The molecule has 3 aromatic carbocycles. The van der Waals surface area contributed by atoms with Gasteiger partial charge in [0.15, 0.2) is 0 Å². The molecule has 0 aromatic heterocycles. The fourth-order valence-electron chi connectivity index (χ4n) is 4.42. The largest absolute Gasteiger partial charge is 0.444 e. The molecule has 0 aliphatic heterocycles. The Balaban J connectivity index is 1.97. The molecule has 0 aliphatic carbocycles. The zero-order chi connectivity index (χ0) is 28.0. The monoisotopic (exact) mass is 517 g/mol. The topological polar surface area (TPSA) is 87.7 Å². The molecule has 3 rings (SSSR count). The molecule has 2 unspecified atom stereocenters. The number of amides is 3. The van der Waals surface area contributed by atoms with E-state index in [2.05, 4.69) is 10.6 Å². The van der Waals surface area contributed by atoms with Gasteiger partial charge in [0.1, 0.15) is 18.2 Å². The van der Waals surface area contributed by atoms with E-state index in [0.717, 1.165) is 27.5 Å². The van der Waals surface area contributed by atoms with Crippen molar-refractivity contribution in [2.45, 2.75) is 72.6 Å². The molecule has 0 heterocycles. The van der Waals surface area contributed by atoms with Crippen molar-refractivity contribution in [2.75, 3.05) is 11.9 Å². The standard InChI is InChI=1S/C31H39N3O4/c1-8-22(4)34(27(35)19-32-30(37)38-31(5,6)7)28(26-16-13-20(2)17-21(26)3)29(36)33-25-15-14-23-11-9-10-12-24(23)18-25/h9-18,22,28H,8,19H2,1-7H3,(H,32,37)(H,33,36). The number of hydrogen-bond acceptors (Lipinski definition) is 4. The summed E-state index contributed by atoms with van der Waals surface area (Å²) in [5.41, 5.74) is 2.66. The Labute approximate surface area is 225 Å². The minimum atomic E-state index is -0.898. The summed E-state index contributed by atoms with van der Waals surface area (Å²) in [4.78, 5) is 41.4. The number of anilines is 1. The summed E-state index contributed by atoms with van der Waals surface area (Å²) in [5, 5.41) is 7.67. The molecule has 0 aliphatic rings. The first-order valence-corrected chi connectivity index (χ1v) is 13.0. The van der Waals surface area contributed by atoms with E-state index in [1.54, 1.807) is 25.7 Å². The Bertz CT molecular complexity index is 1310. The van der Waals surface area contributed by atoms with Gasteiger partial charge in [-0.25, -0.2) is 4.79 Å². The SMILES string of the molecule is CCC(C)N(C(=O)CNC(=O)OC(C)(C)C)C(C(=O)Nc1ccc2ccccc2c1)c1ccc(C)cc1C. The van der Waals surface area contributed by atoms with Crippen molar-refractivity contribution in [2.24, 2.45) is 0 Å². The summed E-state index contributed by atoms with van der Waals surface area (Å²) in [6.07, 6.45) is -0.0540. The molecule has 0 fully saturated rings. The van der Waals surface area contributed by atoms with Crippen LogP contribution in [-0.4, -0.2) is 41.0 Å². The summed E-state index contributed by atoms with van der Waals surface area (Å²) >= 11 is 0. The molecule has 38 heavy (non-hydrogen) atoms. The summed E-state index contributed by atoms with van der Waals surface area (Å²) in [6, 6.07) is 18.3. The zero-order valence-electron chi connectivity index (χ0n) is 23.4. The summed E-state index contributed by atoms with van der Waals surface area (Å²) in [7, 11) is 0. The molecule has 0 radical (unpaired) electrons. The number of hydrogen-bond donors (Lipinski definition) is 2. The Morgan fingerprint density at radius 1 is 0.947 bits per heavy atom. The van der Waals surface area contributed by atoms with Crippen LogP contribution < -0.4 is 10.6 Å². The van der Waals surface area contributed by atoms with E-state index in [1.807, 2.05) is 88.4 Å². The van der Waals surface area contributed by atoms with Gasteiger partial charge in [0.25, 0.3) is 5.91 Å². The quantitative estimate of drug-likeness (QED) is 0.368. The van der Waals surface area contributed by atoms with Crippen molar-refractivity contribution in [3.05, 3.63) is 77.4 Å². The molecule has 2 N–H and O–H groups in total. The maximum atomic E-state index is 14.0. The van der Waals surface area contributed by atoms with Crippen LogP contribution >= 0.6 is 0 Å². The molecular formula is C31H39N3O4. The molecule has 2 atom stereocenters. The lowest BCUT2D eigenvalue weighted by Gasteiger charge is -2.36. The Hall–Kier alpha value is -3.87. The molecule has 3 amide bonds. The van der Waals surface area contributed by atoms with Crippen molar-refractivity contribution < 1.29 is 19.1 Å². The van der Waals surface area contributed by atoms with Crippen LogP contribution in [0.3, 0.4) is 0 Å². The lowest BCUT2D eigenvalue weighted by Crippen LogP contribution is -2.50. The number of aryl methyl sites for hydroxylation is 2. The first-order valence-electron chi connectivity index (χ1n) is 13.0. The molecule has 0 spiro atoms. The minimum absolute atomic E-state index is 0.268. The van der Waals surface area contributed by atoms with E-state index in [1.165, 1.54) is 0 Å². The Kier molecular flexibility index (Phi) is 9.15. The van der Waals surface area contributed by atoms with Crippen molar-refractivity contribution in [1.29, 1.82) is 0 Å². The molecular weight excluding hydrogens is 478 g/mol. The highest BCUT2D eigenvalue weighted by molar-refractivity contribution is 6.00. The van der Waals surface area contributed by atoms with Crippen LogP contribution in [0.5, 0.6) is 0 Å².